The molecule has 0 radical (unpaired) electrons. The molecule has 1 fully saturated rings. The van der Waals surface area contributed by atoms with E-state index in [1.807, 2.05) is 36.6 Å². The molecule has 6 nitrogen and oxygen atoms in total. The number of urea groups is 1. The van der Waals surface area contributed by atoms with Crippen LogP contribution < -0.4 is 10.2 Å². The van der Waals surface area contributed by atoms with Crippen LogP contribution in [-0.2, 0) is 9.59 Å². The van der Waals surface area contributed by atoms with Gasteiger partial charge in [-0.1, -0.05) is 11.6 Å². The smallest absolute Gasteiger partial charge is 0.318 e. The lowest BCUT2D eigenvalue weighted by Crippen LogP contribution is -2.54. The van der Waals surface area contributed by atoms with Crippen LogP contribution in [0.3, 0.4) is 0 Å². The quantitative estimate of drug-likeness (QED) is 0.482. The van der Waals surface area contributed by atoms with Crippen molar-refractivity contribution >= 4 is 41.2 Å². The number of nitrogens with one attached hydrogen (secondary N) is 1. The number of rotatable bonds is 3. The van der Waals surface area contributed by atoms with Gasteiger partial charge in [-0.05, 0) is 80.1 Å². The third kappa shape index (κ3) is 3.75. The Morgan fingerprint density at radius 2 is 1.55 bits per heavy atom. The van der Waals surface area contributed by atoms with Crippen molar-refractivity contribution in [2.75, 3.05) is 4.90 Å². The molecular weight excluding hydrogens is 421 g/mol. The molecule has 1 aromatic heterocycles. The van der Waals surface area contributed by atoms with Crippen LogP contribution in [0.4, 0.5) is 14.9 Å². The molecule has 0 aliphatic carbocycles. The minimum atomic E-state index is -0.884. The molecule has 4 amide bonds. The molecule has 8 heteroatoms. The topological polar surface area (TPSA) is 71.4 Å². The number of hydrogen-bond acceptors (Lipinski definition) is 3. The average Bonchev–Trinajstić information content (AvgIpc) is 3.00. The van der Waals surface area contributed by atoms with Crippen LogP contribution in [-0.4, -0.2) is 22.4 Å². The number of anilines is 1. The van der Waals surface area contributed by atoms with Gasteiger partial charge in [-0.25, -0.2) is 14.1 Å². The number of hydrogen-bond donors (Lipinski definition) is 1. The predicted molar refractivity (Wildman–Crippen MR) is 116 cm³/mol. The van der Waals surface area contributed by atoms with Crippen LogP contribution in [0.25, 0.3) is 11.8 Å². The molecule has 2 heterocycles. The summed E-state index contributed by atoms with van der Waals surface area (Å²) in [4.78, 5) is 38.5. The maximum atomic E-state index is 13.2. The fraction of sp³-hybridized carbons (Fsp3) is 0.0870. The maximum Gasteiger partial charge on any atom is 0.335 e. The van der Waals surface area contributed by atoms with Gasteiger partial charge in [0.2, 0.25) is 0 Å². The average molecular weight is 438 g/mol. The largest absolute Gasteiger partial charge is 0.335 e. The molecule has 1 aliphatic heterocycles. The van der Waals surface area contributed by atoms with Crippen molar-refractivity contribution < 1.29 is 18.8 Å². The molecule has 1 N–H and O–H groups in total. The number of barbiturate groups is 1. The normalized spacial score (nSPS) is 15.5. The molecule has 0 spiro atoms. The van der Waals surface area contributed by atoms with Gasteiger partial charge in [-0.2, -0.15) is 0 Å². The molecule has 1 aliphatic rings. The fourth-order valence-corrected chi connectivity index (χ4v) is 3.68. The first-order valence-electron chi connectivity index (χ1n) is 9.38. The number of amides is 4. The van der Waals surface area contributed by atoms with Crippen molar-refractivity contribution in [1.29, 1.82) is 0 Å². The molecule has 1 saturated heterocycles. The van der Waals surface area contributed by atoms with E-state index in [2.05, 4.69) is 5.32 Å². The van der Waals surface area contributed by atoms with E-state index in [9.17, 15) is 18.8 Å². The zero-order valence-electron chi connectivity index (χ0n) is 16.6. The molecule has 0 unspecified atom stereocenters. The SMILES string of the molecule is Cc1cc(/C=C2\C(=O)NC(=O)N(c3ccc(F)cc3)C2=O)c(C)n1-c1ccc(Cl)cc1. The van der Waals surface area contributed by atoms with Gasteiger partial charge >= 0.3 is 6.03 Å². The highest BCUT2D eigenvalue weighted by Crippen LogP contribution is 2.26. The molecule has 2 aromatic carbocycles. The van der Waals surface area contributed by atoms with Crippen molar-refractivity contribution in [2.45, 2.75) is 13.8 Å². The second-order valence-electron chi connectivity index (χ2n) is 7.07. The number of benzene rings is 2. The Morgan fingerprint density at radius 1 is 0.935 bits per heavy atom. The van der Waals surface area contributed by atoms with E-state index < -0.39 is 23.7 Å². The first-order valence-corrected chi connectivity index (χ1v) is 9.76. The Bertz CT molecular complexity index is 1240. The number of imide groups is 2. The van der Waals surface area contributed by atoms with E-state index in [1.165, 1.54) is 18.2 Å². The first kappa shape index (κ1) is 20.6. The van der Waals surface area contributed by atoms with Gasteiger partial charge in [0.05, 0.1) is 5.69 Å². The number of nitrogens with zero attached hydrogens (tertiary/aromatic N) is 2. The summed E-state index contributed by atoms with van der Waals surface area (Å²) in [5.41, 5.74) is 3.19. The van der Waals surface area contributed by atoms with Gasteiger partial charge in [-0.3, -0.25) is 14.9 Å². The first-order chi connectivity index (χ1) is 14.8. The Kier molecular flexibility index (Phi) is 5.20. The number of aryl methyl sites for hydroxylation is 1. The second kappa shape index (κ2) is 7.85. The van der Waals surface area contributed by atoms with Crippen LogP contribution in [0.1, 0.15) is 17.0 Å². The highest BCUT2D eigenvalue weighted by atomic mass is 35.5. The Balaban J connectivity index is 1.75. The fourth-order valence-electron chi connectivity index (χ4n) is 3.56. The van der Waals surface area contributed by atoms with E-state index in [0.29, 0.717) is 10.6 Å². The van der Waals surface area contributed by atoms with Crippen LogP contribution in [0.5, 0.6) is 0 Å². The molecule has 4 rings (SSSR count). The van der Waals surface area contributed by atoms with Crippen molar-refractivity contribution in [3.8, 4) is 5.69 Å². The zero-order valence-corrected chi connectivity index (χ0v) is 17.4. The molecule has 3 aromatic rings. The highest BCUT2D eigenvalue weighted by Gasteiger charge is 2.37. The summed E-state index contributed by atoms with van der Waals surface area (Å²) in [6.07, 6.45) is 1.45. The summed E-state index contributed by atoms with van der Waals surface area (Å²) < 4.78 is 15.2. The van der Waals surface area contributed by atoms with E-state index in [0.717, 1.165) is 34.1 Å². The van der Waals surface area contributed by atoms with Crippen LogP contribution in [0, 0.1) is 19.7 Å². The van der Waals surface area contributed by atoms with Gasteiger partial charge in [0.1, 0.15) is 11.4 Å². The molecule has 156 valence electrons. The summed E-state index contributed by atoms with van der Waals surface area (Å²) in [5.74, 6) is -2.07. The van der Waals surface area contributed by atoms with Gasteiger partial charge in [0.15, 0.2) is 0 Å². The Labute approximate surface area is 182 Å². The molecule has 0 atom stereocenters. The van der Waals surface area contributed by atoms with Crippen LogP contribution in [0.2, 0.25) is 5.02 Å². The number of carbonyl (C=O) groups is 3. The summed E-state index contributed by atoms with van der Waals surface area (Å²) in [7, 11) is 0. The molecule has 0 bridgehead atoms. The Hall–Kier alpha value is -3.71. The summed E-state index contributed by atoms with van der Waals surface area (Å²) in [6.45, 7) is 3.77. The van der Waals surface area contributed by atoms with Gasteiger partial charge in [0.25, 0.3) is 11.8 Å². The van der Waals surface area contributed by atoms with Crippen molar-refractivity contribution in [2.24, 2.45) is 0 Å². The highest BCUT2D eigenvalue weighted by molar-refractivity contribution is 6.39. The van der Waals surface area contributed by atoms with Crippen molar-refractivity contribution in [1.82, 2.24) is 9.88 Å². The summed E-state index contributed by atoms with van der Waals surface area (Å²) in [6, 6.07) is 13.1. The maximum absolute atomic E-state index is 13.2. The predicted octanol–water partition coefficient (Wildman–Crippen LogP) is 4.55. The van der Waals surface area contributed by atoms with E-state index >= 15 is 0 Å². The van der Waals surface area contributed by atoms with Gasteiger partial charge < -0.3 is 4.57 Å². The summed E-state index contributed by atoms with van der Waals surface area (Å²) >= 11 is 5.98. The number of carbonyl (C=O) groups excluding carboxylic acids is 3. The second-order valence-corrected chi connectivity index (χ2v) is 7.51. The lowest BCUT2D eigenvalue weighted by molar-refractivity contribution is -0.122. The monoisotopic (exact) mass is 437 g/mol. The van der Waals surface area contributed by atoms with Crippen molar-refractivity contribution in [3.63, 3.8) is 0 Å². The number of aromatic nitrogens is 1. The summed E-state index contributed by atoms with van der Waals surface area (Å²) in [5, 5.41) is 2.78. The zero-order chi connectivity index (χ0) is 22.3. The van der Waals surface area contributed by atoms with Gasteiger partial charge in [-0.15, -0.1) is 0 Å². The van der Waals surface area contributed by atoms with E-state index in [4.69, 9.17) is 11.6 Å². The third-order valence-electron chi connectivity index (χ3n) is 5.04. The lowest BCUT2D eigenvalue weighted by atomic mass is 10.1. The van der Waals surface area contributed by atoms with E-state index in [1.54, 1.807) is 12.1 Å². The third-order valence-corrected chi connectivity index (χ3v) is 5.29. The minimum Gasteiger partial charge on any atom is -0.318 e. The van der Waals surface area contributed by atoms with E-state index in [-0.39, 0.29) is 11.3 Å². The number of halogens is 2. The lowest BCUT2D eigenvalue weighted by Gasteiger charge is -2.26. The van der Waals surface area contributed by atoms with Gasteiger partial charge in [0, 0.05) is 22.1 Å². The molecule has 0 saturated carbocycles. The van der Waals surface area contributed by atoms with Crippen LogP contribution >= 0.6 is 11.6 Å². The van der Waals surface area contributed by atoms with Crippen LogP contribution in [0.15, 0.2) is 60.2 Å². The molecular formula is C23H17ClFN3O3. The molecule has 31 heavy (non-hydrogen) atoms. The Morgan fingerprint density at radius 3 is 2.19 bits per heavy atom. The minimum absolute atomic E-state index is 0.161. The van der Waals surface area contributed by atoms with Crippen molar-refractivity contribution in [3.05, 3.63) is 88.0 Å². The standard InChI is InChI=1S/C23H17ClFN3O3/c1-13-11-15(14(2)27(13)18-7-3-16(24)4-8-18)12-20-21(29)26-23(31)28(22(20)30)19-9-5-17(25)6-10-19/h3-12H,1-2H3,(H,26,29,31)/b20-12+.